The van der Waals surface area contributed by atoms with Gasteiger partial charge in [-0.15, -0.1) is 0 Å². The molecule has 2 atom stereocenters. The summed E-state index contributed by atoms with van der Waals surface area (Å²) in [4.78, 5) is 36.5. The van der Waals surface area contributed by atoms with Gasteiger partial charge in [-0.1, -0.05) is 170 Å². The molecular formula is C53H90N2O5. The van der Waals surface area contributed by atoms with Gasteiger partial charge in [0.2, 0.25) is 5.91 Å². The van der Waals surface area contributed by atoms with Gasteiger partial charge in [-0.25, -0.2) is 4.79 Å². The van der Waals surface area contributed by atoms with E-state index >= 15 is 0 Å². The summed E-state index contributed by atoms with van der Waals surface area (Å²) in [7, 11) is 0. The Morgan fingerprint density at radius 1 is 0.500 bits per heavy atom. The molecule has 0 aliphatic carbocycles. The summed E-state index contributed by atoms with van der Waals surface area (Å²) in [5, 5.41) is 12.0. The number of nitrogens with one attached hydrogen (secondary N) is 1. The lowest BCUT2D eigenvalue weighted by atomic mass is 10.0. The molecule has 0 aromatic rings. The van der Waals surface area contributed by atoms with Crippen molar-refractivity contribution >= 4 is 17.8 Å². The van der Waals surface area contributed by atoms with Crippen LogP contribution in [0.3, 0.4) is 0 Å². The van der Waals surface area contributed by atoms with E-state index in [9.17, 15) is 19.5 Å². The van der Waals surface area contributed by atoms with Crippen LogP contribution in [0.15, 0.2) is 85.1 Å². The van der Waals surface area contributed by atoms with Crippen molar-refractivity contribution in [3.8, 4) is 0 Å². The zero-order chi connectivity index (χ0) is 43.8. The Morgan fingerprint density at radius 3 is 1.43 bits per heavy atom. The SMILES string of the molecule is CC/C=C\C/C=C\C/C=C\C/C=C\C/C=C\C/C=C\CCC(=O)OC(CCCCC/C=C\CCCCCCCCCC)CCCCCCCC(=O)NC(CCCN)C(=O)O. The summed E-state index contributed by atoms with van der Waals surface area (Å²) in [5.74, 6) is -1.34. The quantitative estimate of drug-likeness (QED) is 0.0320. The van der Waals surface area contributed by atoms with Gasteiger partial charge < -0.3 is 20.9 Å². The molecule has 0 aliphatic rings. The third-order valence-corrected chi connectivity index (χ3v) is 10.5. The summed E-state index contributed by atoms with van der Waals surface area (Å²) >= 11 is 0. The standard InChI is InChI=1S/C53H90N2O5/c1-3-5-7-9-11-13-15-17-19-20-21-22-24-26-28-30-32-37-41-47-52(57)60-49(43-38-34-31-29-27-25-23-18-16-14-12-10-8-6-4-2)44-39-35-33-36-40-46-51(56)55-50(53(58)59)45-42-48-54/h5,7,11,13,17,19,21-22,25-28,32,37,49-50H,3-4,6,8-10,12,14-16,18,20,23-24,29-31,33-36,38-48,54H2,1-2H3,(H,55,56)(H,58,59)/b7-5-,13-11-,19-17-,22-21-,27-25-,28-26-,37-32-. The van der Waals surface area contributed by atoms with Crippen LogP contribution in [0.4, 0.5) is 0 Å². The number of esters is 1. The van der Waals surface area contributed by atoms with E-state index in [0.29, 0.717) is 38.6 Å². The highest BCUT2D eigenvalue weighted by molar-refractivity contribution is 5.83. The molecule has 0 rings (SSSR count). The van der Waals surface area contributed by atoms with E-state index in [1.807, 2.05) is 0 Å². The number of aliphatic carboxylic acids is 1. The fraction of sp³-hybridized carbons (Fsp3) is 0.679. The first-order valence-corrected chi connectivity index (χ1v) is 24.4. The van der Waals surface area contributed by atoms with Gasteiger partial charge in [0, 0.05) is 12.8 Å². The van der Waals surface area contributed by atoms with Crippen molar-refractivity contribution < 1.29 is 24.2 Å². The van der Waals surface area contributed by atoms with Gasteiger partial charge in [0.15, 0.2) is 0 Å². The predicted molar refractivity (Wildman–Crippen MR) is 257 cm³/mol. The van der Waals surface area contributed by atoms with Crippen LogP contribution in [0.1, 0.15) is 213 Å². The molecule has 0 radical (unpaired) electrons. The highest BCUT2D eigenvalue weighted by Gasteiger charge is 2.19. The Balaban J connectivity index is 4.49. The zero-order valence-corrected chi connectivity index (χ0v) is 38.5. The van der Waals surface area contributed by atoms with Crippen LogP contribution in [0.25, 0.3) is 0 Å². The average molecular weight is 835 g/mol. The number of ether oxygens (including phenoxy) is 1. The van der Waals surface area contributed by atoms with Crippen molar-refractivity contribution in [2.24, 2.45) is 5.73 Å². The van der Waals surface area contributed by atoms with Crippen LogP contribution in [0.2, 0.25) is 0 Å². The summed E-state index contributed by atoms with van der Waals surface area (Å²) < 4.78 is 6.02. The van der Waals surface area contributed by atoms with Crippen molar-refractivity contribution in [3.05, 3.63) is 85.1 Å². The molecule has 0 saturated heterocycles. The van der Waals surface area contributed by atoms with Gasteiger partial charge in [-0.05, 0) is 122 Å². The molecule has 2 unspecified atom stereocenters. The van der Waals surface area contributed by atoms with E-state index in [-0.39, 0.29) is 18.0 Å². The van der Waals surface area contributed by atoms with E-state index in [1.54, 1.807) is 0 Å². The number of nitrogens with two attached hydrogens (primary N) is 1. The zero-order valence-electron chi connectivity index (χ0n) is 38.5. The van der Waals surface area contributed by atoms with Crippen molar-refractivity contribution in [2.75, 3.05) is 6.54 Å². The van der Waals surface area contributed by atoms with Crippen LogP contribution in [0, 0.1) is 0 Å². The lowest BCUT2D eigenvalue weighted by molar-refractivity contribution is -0.149. The highest BCUT2D eigenvalue weighted by atomic mass is 16.5. The molecular weight excluding hydrogens is 745 g/mol. The molecule has 1 amide bonds. The van der Waals surface area contributed by atoms with Crippen LogP contribution >= 0.6 is 0 Å². The Kier molecular flexibility index (Phi) is 43.9. The number of amides is 1. The maximum atomic E-state index is 12.8. The first kappa shape index (κ1) is 56.5. The van der Waals surface area contributed by atoms with E-state index in [2.05, 4.69) is 104 Å². The van der Waals surface area contributed by atoms with Gasteiger partial charge in [0.1, 0.15) is 12.1 Å². The highest BCUT2D eigenvalue weighted by Crippen LogP contribution is 2.18. The number of unbranched alkanes of at least 4 members (excludes halogenated alkanes) is 15. The van der Waals surface area contributed by atoms with Crippen molar-refractivity contribution in [1.29, 1.82) is 0 Å². The monoisotopic (exact) mass is 835 g/mol. The number of hydrogen-bond acceptors (Lipinski definition) is 5. The Hall–Kier alpha value is -3.45. The third kappa shape index (κ3) is 42.7. The third-order valence-electron chi connectivity index (χ3n) is 10.5. The molecule has 0 fully saturated rings. The second-order valence-electron chi connectivity index (χ2n) is 16.1. The molecule has 0 aromatic heterocycles. The minimum atomic E-state index is -1.01. The molecule has 0 saturated carbocycles. The molecule has 0 heterocycles. The molecule has 4 N–H and O–H groups in total. The smallest absolute Gasteiger partial charge is 0.326 e. The van der Waals surface area contributed by atoms with Gasteiger partial charge in [0.25, 0.3) is 0 Å². The minimum absolute atomic E-state index is 0.0486. The molecule has 0 aromatic carbocycles. The number of carbonyl (C=O) groups excluding carboxylic acids is 2. The first-order valence-electron chi connectivity index (χ1n) is 24.4. The molecule has 0 aliphatic heterocycles. The Labute approximate surface area is 368 Å². The van der Waals surface area contributed by atoms with Crippen molar-refractivity contribution in [3.63, 3.8) is 0 Å². The van der Waals surface area contributed by atoms with E-state index in [0.717, 1.165) is 103 Å². The molecule has 7 nitrogen and oxygen atoms in total. The summed E-state index contributed by atoms with van der Waals surface area (Å²) in [6.07, 6.45) is 62.1. The van der Waals surface area contributed by atoms with Gasteiger partial charge in [-0.2, -0.15) is 0 Å². The predicted octanol–water partition coefficient (Wildman–Crippen LogP) is 14.5. The molecule has 0 bridgehead atoms. The maximum absolute atomic E-state index is 12.8. The van der Waals surface area contributed by atoms with E-state index in [4.69, 9.17) is 10.5 Å². The van der Waals surface area contributed by atoms with Crippen LogP contribution < -0.4 is 11.1 Å². The fourth-order valence-electron chi connectivity index (χ4n) is 6.82. The van der Waals surface area contributed by atoms with Crippen LogP contribution in [-0.2, 0) is 19.1 Å². The summed E-state index contributed by atoms with van der Waals surface area (Å²) in [5.41, 5.74) is 5.49. The number of carboxylic acid groups (broad SMARTS) is 1. The first-order chi connectivity index (χ1) is 29.4. The van der Waals surface area contributed by atoms with Crippen LogP contribution in [-0.4, -0.2) is 41.6 Å². The Morgan fingerprint density at radius 2 is 0.933 bits per heavy atom. The maximum Gasteiger partial charge on any atom is 0.326 e. The Bertz CT molecular complexity index is 1210. The normalized spacial score (nSPS) is 13.4. The van der Waals surface area contributed by atoms with Gasteiger partial charge in [0.05, 0.1) is 0 Å². The number of carbonyl (C=O) groups is 3. The van der Waals surface area contributed by atoms with E-state index < -0.39 is 12.0 Å². The fourth-order valence-corrected chi connectivity index (χ4v) is 6.82. The second kappa shape index (κ2) is 46.6. The molecule has 60 heavy (non-hydrogen) atoms. The molecule has 342 valence electrons. The average Bonchev–Trinajstić information content (AvgIpc) is 3.23. The summed E-state index contributed by atoms with van der Waals surface area (Å²) in [6.45, 7) is 4.83. The topological polar surface area (TPSA) is 119 Å². The molecule has 7 heteroatoms. The van der Waals surface area contributed by atoms with E-state index in [1.165, 1.54) is 64.2 Å². The lowest BCUT2D eigenvalue weighted by Crippen LogP contribution is -2.40. The number of allylic oxidation sites excluding steroid dienone is 14. The number of rotatable bonds is 43. The van der Waals surface area contributed by atoms with Crippen molar-refractivity contribution in [1.82, 2.24) is 5.32 Å². The molecule has 0 spiro atoms. The van der Waals surface area contributed by atoms with Crippen molar-refractivity contribution in [2.45, 2.75) is 225 Å². The van der Waals surface area contributed by atoms with Gasteiger partial charge in [-0.3, -0.25) is 9.59 Å². The number of carboxylic acids is 1. The summed E-state index contributed by atoms with van der Waals surface area (Å²) in [6, 6.07) is -0.868. The van der Waals surface area contributed by atoms with Gasteiger partial charge >= 0.3 is 11.9 Å². The number of hydrogen-bond donors (Lipinski definition) is 3. The lowest BCUT2D eigenvalue weighted by Gasteiger charge is -2.18. The minimum Gasteiger partial charge on any atom is -0.480 e. The second-order valence-corrected chi connectivity index (χ2v) is 16.1. The largest absolute Gasteiger partial charge is 0.480 e. The van der Waals surface area contributed by atoms with Crippen LogP contribution in [0.5, 0.6) is 0 Å².